The summed E-state index contributed by atoms with van der Waals surface area (Å²) < 4.78 is 34.3. The number of para-hydroxylation sites is 2. The molecule has 9 nitrogen and oxygen atoms in total. The molecule has 0 saturated carbocycles. The van der Waals surface area contributed by atoms with Crippen molar-refractivity contribution >= 4 is 45.1 Å². The Morgan fingerprint density at radius 2 is 1.86 bits per heavy atom. The molecule has 5 rings (SSSR count). The van der Waals surface area contributed by atoms with Crippen LogP contribution in [0.5, 0.6) is 17.2 Å². The molecule has 1 unspecified atom stereocenters. The second-order valence-corrected chi connectivity index (χ2v) is 10.5. The number of nitrogens with zero attached hydrogens (tertiary/aromatic N) is 3. The fourth-order valence-corrected chi connectivity index (χ4v) is 5.49. The lowest BCUT2D eigenvalue weighted by Crippen LogP contribution is -2.31. The molecule has 1 aromatic heterocycles. The molecule has 1 aliphatic rings. The van der Waals surface area contributed by atoms with E-state index in [1.54, 1.807) is 28.9 Å². The van der Waals surface area contributed by atoms with Crippen LogP contribution in [0.4, 0.5) is 16.0 Å². The van der Waals surface area contributed by atoms with Gasteiger partial charge in [-0.25, -0.2) is 9.07 Å². The normalized spacial score (nSPS) is 14.2. The third kappa shape index (κ3) is 5.93. The molecule has 0 saturated heterocycles. The summed E-state index contributed by atoms with van der Waals surface area (Å²) in [5.41, 5.74) is 2.47. The van der Waals surface area contributed by atoms with Crippen LogP contribution in [0.3, 0.4) is 0 Å². The number of ether oxygens (including phenoxy) is 3. The average molecular weight is 657 g/mol. The quantitative estimate of drug-likeness (QED) is 0.187. The van der Waals surface area contributed by atoms with Gasteiger partial charge >= 0.3 is 0 Å². The zero-order valence-electron chi connectivity index (χ0n) is 23.1. The number of carbonyl (C=O) groups is 1. The maximum Gasteiger partial charge on any atom is 0.255 e. The van der Waals surface area contributed by atoms with Crippen LogP contribution in [0.15, 0.2) is 76.7 Å². The third-order valence-corrected chi connectivity index (χ3v) is 7.49. The predicted octanol–water partition coefficient (Wildman–Crippen LogP) is 7.14. The molecular formula is C30H28BrClFN5O4. The van der Waals surface area contributed by atoms with Gasteiger partial charge in [-0.1, -0.05) is 29.8 Å². The van der Waals surface area contributed by atoms with Gasteiger partial charge in [0.1, 0.15) is 30.5 Å². The number of benzene rings is 3. The first-order valence-electron chi connectivity index (χ1n) is 13.2. The van der Waals surface area contributed by atoms with Crippen molar-refractivity contribution < 1.29 is 23.4 Å². The van der Waals surface area contributed by atoms with E-state index in [1.807, 2.05) is 39.0 Å². The van der Waals surface area contributed by atoms with Gasteiger partial charge in [0.15, 0.2) is 11.5 Å². The minimum absolute atomic E-state index is 0.115. The summed E-state index contributed by atoms with van der Waals surface area (Å²) in [6, 6.07) is 14.6. The van der Waals surface area contributed by atoms with E-state index in [2.05, 4.69) is 36.6 Å². The van der Waals surface area contributed by atoms with Crippen LogP contribution in [0.2, 0.25) is 5.02 Å². The number of halogens is 3. The Labute approximate surface area is 255 Å². The average Bonchev–Trinajstić information content (AvgIpc) is 3.42. The molecule has 0 aliphatic carbocycles. The van der Waals surface area contributed by atoms with Crippen LogP contribution < -0.4 is 24.8 Å². The standard InChI is InChI=1S/C30H28BrClFN5O4/c1-4-40-24-12-7-6-11-23(24)37-29(39)26-17(3)36-30-34-16-35-38(30)27(26)18-13-20(31)28(25(14-18)41-5-2)42-15-19-21(32)9-8-10-22(19)33/h6-14,16,27H,4-5,15H2,1-3H3,(H,37,39)(H,34,35,36). The molecule has 2 N–H and O–H groups in total. The molecule has 0 spiro atoms. The Hall–Kier alpha value is -4.09. The van der Waals surface area contributed by atoms with E-state index in [1.165, 1.54) is 18.5 Å². The minimum atomic E-state index is -0.673. The fourth-order valence-electron chi connectivity index (χ4n) is 4.70. The van der Waals surface area contributed by atoms with Gasteiger partial charge in [-0.3, -0.25) is 4.79 Å². The summed E-state index contributed by atoms with van der Waals surface area (Å²) in [5, 5.41) is 10.8. The van der Waals surface area contributed by atoms with Crippen molar-refractivity contribution in [3.05, 3.63) is 98.6 Å². The molecule has 3 aromatic carbocycles. The smallest absolute Gasteiger partial charge is 0.255 e. The lowest BCUT2D eigenvalue weighted by Gasteiger charge is -2.29. The summed E-state index contributed by atoms with van der Waals surface area (Å²) >= 11 is 9.81. The van der Waals surface area contributed by atoms with E-state index in [-0.39, 0.29) is 23.1 Å². The maximum absolute atomic E-state index is 14.4. The second-order valence-electron chi connectivity index (χ2n) is 9.23. The van der Waals surface area contributed by atoms with Gasteiger partial charge in [0.2, 0.25) is 5.95 Å². The van der Waals surface area contributed by atoms with Gasteiger partial charge in [0, 0.05) is 11.3 Å². The maximum atomic E-state index is 14.4. The van der Waals surface area contributed by atoms with E-state index in [9.17, 15) is 9.18 Å². The highest BCUT2D eigenvalue weighted by molar-refractivity contribution is 9.10. The van der Waals surface area contributed by atoms with Crippen molar-refractivity contribution in [2.45, 2.75) is 33.4 Å². The lowest BCUT2D eigenvalue weighted by molar-refractivity contribution is -0.113. The fraction of sp³-hybridized carbons (Fsp3) is 0.233. The summed E-state index contributed by atoms with van der Waals surface area (Å²) in [5.74, 6) is 0.989. The van der Waals surface area contributed by atoms with E-state index in [0.717, 1.165) is 0 Å². The number of amides is 1. The van der Waals surface area contributed by atoms with E-state index in [4.69, 9.17) is 25.8 Å². The molecule has 1 aliphatic heterocycles. The second kappa shape index (κ2) is 12.8. The Balaban J connectivity index is 1.54. The molecule has 1 amide bonds. The van der Waals surface area contributed by atoms with E-state index >= 15 is 0 Å². The van der Waals surface area contributed by atoms with Crippen molar-refractivity contribution in [2.75, 3.05) is 23.8 Å². The summed E-state index contributed by atoms with van der Waals surface area (Å²) in [6.45, 7) is 6.21. The van der Waals surface area contributed by atoms with E-state index < -0.39 is 11.9 Å². The van der Waals surface area contributed by atoms with Crippen molar-refractivity contribution in [1.29, 1.82) is 0 Å². The van der Waals surface area contributed by atoms with Crippen molar-refractivity contribution in [2.24, 2.45) is 0 Å². The largest absolute Gasteiger partial charge is 0.492 e. The molecule has 0 bridgehead atoms. The first-order chi connectivity index (χ1) is 20.3. The topological polar surface area (TPSA) is 99.5 Å². The number of carbonyl (C=O) groups excluding carboxylic acids is 1. The number of hydrogen-bond donors (Lipinski definition) is 2. The van der Waals surface area contributed by atoms with Crippen LogP contribution >= 0.6 is 27.5 Å². The molecule has 4 aromatic rings. The first-order valence-corrected chi connectivity index (χ1v) is 14.4. The number of nitrogens with one attached hydrogen (secondary N) is 2. The van der Waals surface area contributed by atoms with Crippen molar-refractivity contribution in [3.8, 4) is 17.2 Å². The van der Waals surface area contributed by atoms with Gasteiger partial charge in [0.05, 0.1) is 34.0 Å². The number of hydrogen-bond acceptors (Lipinski definition) is 7. The van der Waals surface area contributed by atoms with Gasteiger partial charge in [-0.15, -0.1) is 0 Å². The summed E-state index contributed by atoms with van der Waals surface area (Å²) in [6.07, 6.45) is 1.42. The first kappa shape index (κ1) is 29.4. The minimum Gasteiger partial charge on any atom is -0.492 e. The predicted molar refractivity (Wildman–Crippen MR) is 162 cm³/mol. The van der Waals surface area contributed by atoms with Gasteiger partial charge in [0.25, 0.3) is 5.91 Å². The monoisotopic (exact) mass is 655 g/mol. The highest BCUT2D eigenvalue weighted by Gasteiger charge is 2.35. The SMILES string of the molecule is CCOc1ccccc1NC(=O)C1=C(C)Nc2ncnn2C1c1cc(Br)c(OCc2c(F)cccc2Cl)c(OCC)c1. The van der Waals surface area contributed by atoms with Crippen LogP contribution in [0.1, 0.15) is 37.9 Å². The molecule has 42 heavy (non-hydrogen) atoms. The molecule has 2 heterocycles. The molecule has 12 heteroatoms. The third-order valence-electron chi connectivity index (χ3n) is 6.54. The van der Waals surface area contributed by atoms with Crippen molar-refractivity contribution in [3.63, 3.8) is 0 Å². The summed E-state index contributed by atoms with van der Waals surface area (Å²) in [7, 11) is 0. The zero-order valence-corrected chi connectivity index (χ0v) is 25.4. The lowest BCUT2D eigenvalue weighted by atomic mass is 9.94. The van der Waals surface area contributed by atoms with Crippen LogP contribution in [-0.4, -0.2) is 33.9 Å². The molecular weight excluding hydrogens is 629 g/mol. The van der Waals surface area contributed by atoms with Gasteiger partial charge in [-0.2, -0.15) is 10.1 Å². The molecule has 1 atom stereocenters. The number of rotatable bonds is 10. The number of fused-ring (bicyclic) bond motifs is 1. The van der Waals surface area contributed by atoms with Crippen molar-refractivity contribution in [1.82, 2.24) is 14.8 Å². The number of allylic oxidation sites excluding steroid dienone is 1. The van der Waals surface area contributed by atoms with E-state index in [0.29, 0.717) is 63.4 Å². The number of aromatic nitrogens is 3. The molecule has 0 fully saturated rings. The number of anilines is 2. The summed E-state index contributed by atoms with van der Waals surface area (Å²) in [4.78, 5) is 18.2. The zero-order chi connectivity index (χ0) is 29.8. The Morgan fingerprint density at radius 3 is 2.62 bits per heavy atom. The van der Waals surface area contributed by atoms with Crippen LogP contribution in [-0.2, 0) is 11.4 Å². The molecule has 0 radical (unpaired) electrons. The Morgan fingerprint density at radius 1 is 1.10 bits per heavy atom. The van der Waals surface area contributed by atoms with Gasteiger partial charge in [-0.05, 0) is 78.7 Å². The highest BCUT2D eigenvalue weighted by Crippen LogP contribution is 2.43. The van der Waals surface area contributed by atoms with Crippen LogP contribution in [0.25, 0.3) is 0 Å². The highest BCUT2D eigenvalue weighted by atomic mass is 79.9. The Kier molecular flexibility index (Phi) is 8.98. The van der Waals surface area contributed by atoms with Crippen LogP contribution in [0, 0.1) is 5.82 Å². The molecule has 218 valence electrons. The van der Waals surface area contributed by atoms with Gasteiger partial charge < -0.3 is 24.8 Å². The Bertz CT molecular complexity index is 1640.